The summed E-state index contributed by atoms with van der Waals surface area (Å²) in [5, 5.41) is 20.2. The molecule has 8 heteroatoms. The number of nitrogens with zero attached hydrogens (tertiary/aromatic N) is 2. The maximum atomic E-state index is 12.0. The van der Waals surface area contributed by atoms with Crippen LogP contribution in [0.2, 0.25) is 0 Å². The lowest BCUT2D eigenvalue weighted by atomic mass is 10.2. The lowest BCUT2D eigenvalue weighted by Crippen LogP contribution is -2.39. The smallest absolute Gasteiger partial charge is 0.322 e. The van der Waals surface area contributed by atoms with E-state index in [0.29, 0.717) is 24.5 Å². The molecule has 1 aromatic heterocycles. The highest BCUT2D eigenvalue weighted by molar-refractivity contribution is 5.89. The molecule has 3 N–H and O–H groups in total. The van der Waals surface area contributed by atoms with Gasteiger partial charge in [-0.2, -0.15) is 0 Å². The number of anilines is 1. The van der Waals surface area contributed by atoms with E-state index in [1.54, 1.807) is 6.07 Å². The molecule has 0 fully saturated rings. The highest BCUT2D eigenvalue weighted by Gasteiger charge is 2.13. The quantitative estimate of drug-likeness (QED) is 0.631. The number of urea groups is 1. The van der Waals surface area contributed by atoms with Crippen LogP contribution in [-0.2, 0) is 16.0 Å². The summed E-state index contributed by atoms with van der Waals surface area (Å²) in [5.41, 5.74) is 0.863. The zero-order chi connectivity index (χ0) is 15.7. The van der Waals surface area contributed by atoms with Gasteiger partial charge in [0.1, 0.15) is 0 Å². The number of carboxylic acids is 1. The fourth-order valence-corrected chi connectivity index (χ4v) is 1.60. The lowest BCUT2D eigenvalue weighted by molar-refractivity contribution is -0.136. The van der Waals surface area contributed by atoms with E-state index in [4.69, 9.17) is 14.9 Å². The molecule has 0 aliphatic heterocycles. The van der Waals surface area contributed by atoms with Gasteiger partial charge in [0.25, 0.3) is 0 Å². The Balaban J connectivity index is 2.60. The van der Waals surface area contributed by atoms with E-state index in [1.165, 1.54) is 24.3 Å². The van der Waals surface area contributed by atoms with E-state index in [9.17, 15) is 9.59 Å². The molecule has 0 bridgehead atoms. The molecular weight excluding hydrogens is 278 g/mol. The van der Waals surface area contributed by atoms with E-state index >= 15 is 0 Å². The summed E-state index contributed by atoms with van der Waals surface area (Å²) >= 11 is 0. The Bertz CT molecular complexity index is 463. The number of hydrogen-bond acceptors (Lipinski definition) is 5. The molecular formula is C13H19N3O5. The van der Waals surface area contributed by atoms with E-state index in [1.807, 2.05) is 0 Å². The third kappa shape index (κ3) is 6.19. The predicted molar refractivity (Wildman–Crippen MR) is 75.1 cm³/mol. The van der Waals surface area contributed by atoms with Gasteiger partial charge in [-0.3, -0.25) is 9.78 Å². The summed E-state index contributed by atoms with van der Waals surface area (Å²) in [6.07, 6.45) is 1.22. The molecule has 1 aromatic rings. The van der Waals surface area contributed by atoms with E-state index in [0.717, 1.165) is 0 Å². The number of aliphatic hydroxyl groups excluding tert-OH is 1. The number of methoxy groups -OCH3 is 1. The Morgan fingerprint density at radius 1 is 1.38 bits per heavy atom. The number of nitrogens with one attached hydrogen (secondary N) is 1. The highest BCUT2D eigenvalue weighted by atomic mass is 16.5. The van der Waals surface area contributed by atoms with Crippen LogP contribution in [0.5, 0.6) is 0 Å². The Labute approximate surface area is 122 Å². The number of rotatable bonds is 8. The number of aliphatic carboxylic acids is 1. The molecule has 2 amide bonds. The molecule has 0 saturated carbocycles. The number of hydrogen-bond donors (Lipinski definition) is 3. The van der Waals surface area contributed by atoms with Gasteiger partial charge in [0.2, 0.25) is 0 Å². The fraction of sp³-hybridized carbons (Fsp3) is 0.462. The number of aromatic nitrogens is 1. The maximum absolute atomic E-state index is 12.0. The molecule has 0 aliphatic rings. The van der Waals surface area contributed by atoms with E-state index in [2.05, 4.69) is 10.3 Å². The van der Waals surface area contributed by atoms with Crippen molar-refractivity contribution >= 4 is 17.7 Å². The Morgan fingerprint density at radius 2 is 2.14 bits per heavy atom. The van der Waals surface area contributed by atoms with Crippen LogP contribution in [0.15, 0.2) is 18.3 Å². The van der Waals surface area contributed by atoms with Crippen molar-refractivity contribution in [1.82, 2.24) is 9.88 Å². The van der Waals surface area contributed by atoms with Gasteiger partial charge in [-0.15, -0.1) is 0 Å². The average Bonchev–Trinajstić information content (AvgIpc) is 2.45. The van der Waals surface area contributed by atoms with Gasteiger partial charge in [-0.1, -0.05) is 0 Å². The molecule has 21 heavy (non-hydrogen) atoms. The van der Waals surface area contributed by atoms with E-state index in [-0.39, 0.29) is 25.6 Å². The van der Waals surface area contributed by atoms with Crippen molar-refractivity contribution in [2.24, 2.45) is 0 Å². The first kappa shape index (κ1) is 16.9. The largest absolute Gasteiger partial charge is 0.481 e. The second-order valence-electron chi connectivity index (χ2n) is 4.24. The topological polar surface area (TPSA) is 112 Å². The second kappa shape index (κ2) is 8.88. The Kier molecular flexibility index (Phi) is 7.13. The van der Waals surface area contributed by atoms with Crippen LogP contribution in [0.25, 0.3) is 0 Å². The lowest BCUT2D eigenvalue weighted by Gasteiger charge is -2.21. The van der Waals surface area contributed by atoms with Crippen molar-refractivity contribution in [2.45, 2.75) is 6.42 Å². The van der Waals surface area contributed by atoms with Gasteiger partial charge in [-0.25, -0.2) is 4.79 Å². The summed E-state index contributed by atoms with van der Waals surface area (Å²) in [6, 6.07) is 2.74. The summed E-state index contributed by atoms with van der Waals surface area (Å²) in [7, 11) is 1.53. The van der Waals surface area contributed by atoms with Gasteiger partial charge < -0.3 is 25.2 Å². The normalized spacial score (nSPS) is 10.2. The number of carbonyl (C=O) groups is 2. The van der Waals surface area contributed by atoms with Crippen LogP contribution in [-0.4, -0.2) is 65.5 Å². The molecule has 116 valence electrons. The molecule has 0 aromatic carbocycles. The summed E-state index contributed by atoms with van der Waals surface area (Å²) < 4.78 is 4.90. The predicted octanol–water partition coefficient (Wildman–Crippen LogP) is 0.181. The van der Waals surface area contributed by atoms with Gasteiger partial charge in [-0.05, 0) is 12.1 Å². The molecule has 0 atom stereocenters. The Morgan fingerprint density at radius 3 is 2.67 bits per heavy atom. The van der Waals surface area contributed by atoms with Crippen LogP contribution in [0.1, 0.15) is 5.69 Å². The number of ether oxygens (including phenoxy) is 1. The maximum Gasteiger partial charge on any atom is 0.322 e. The Hall–Kier alpha value is -2.19. The third-order valence-electron chi connectivity index (χ3n) is 2.63. The van der Waals surface area contributed by atoms with Crippen molar-refractivity contribution in [3.05, 3.63) is 24.0 Å². The molecule has 1 rings (SSSR count). The minimum absolute atomic E-state index is 0.146. The number of pyridine rings is 1. The summed E-state index contributed by atoms with van der Waals surface area (Å²) in [4.78, 5) is 27.9. The molecule has 1 heterocycles. The van der Waals surface area contributed by atoms with Crippen molar-refractivity contribution in [3.63, 3.8) is 0 Å². The molecule has 0 aliphatic carbocycles. The number of aliphatic hydroxyl groups is 1. The number of carbonyl (C=O) groups excluding carboxylic acids is 1. The minimum Gasteiger partial charge on any atom is -0.481 e. The molecule has 8 nitrogen and oxygen atoms in total. The standard InChI is InChI=1S/C13H19N3O5/c1-21-7-5-16(4-6-17)13(20)15-11-3-2-10(14-9-11)8-12(18)19/h2-3,9,17H,4-8H2,1H3,(H,15,20)(H,18,19). The zero-order valence-electron chi connectivity index (χ0n) is 11.8. The molecule has 0 saturated heterocycles. The van der Waals surface area contributed by atoms with Crippen molar-refractivity contribution in [1.29, 1.82) is 0 Å². The monoisotopic (exact) mass is 297 g/mol. The minimum atomic E-state index is -0.965. The van der Waals surface area contributed by atoms with Crippen molar-refractivity contribution < 1.29 is 24.5 Å². The summed E-state index contributed by atoms with van der Waals surface area (Å²) in [5.74, 6) is -0.965. The number of amides is 2. The summed E-state index contributed by atoms with van der Waals surface area (Å²) in [6.45, 7) is 0.767. The molecule has 0 spiro atoms. The van der Waals surface area contributed by atoms with Gasteiger partial charge >= 0.3 is 12.0 Å². The second-order valence-corrected chi connectivity index (χ2v) is 4.24. The van der Waals surface area contributed by atoms with E-state index < -0.39 is 5.97 Å². The first-order chi connectivity index (χ1) is 10.1. The van der Waals surface area contributed by atoms with Gasteiger partial charge in [0.05, 0.1) is 37.2 Å². The van der Waals surface area contributed by atoms with Crippen LogP contribution < -0.4 is 5.32 Å². The molecule has 0 radical (unpaired) electrons. The van der Waals surface area contributed by atoms with Gasteiger partial charge in [0, 0.05) is 20.2 Å². The molecule has 0 unspecified atom stereocenters. The van der Waals surface area contributed by atoms with Crippen molar-refractivity contribution in [3.8, 4) is 0 Å². The van der Waals surface area contributed by atoms with Crippen molar-refractivity contribution in [2.75, 3.05) is 38.7 Å². The van der Waals surface area contributed by atoms with Crippen LogP contribution in [0.3, 0.4) is 0 Å². The van der Waals surface area contributed by atoms with Crippen LogP contribution >= 0.6 is 0 Å². The van der Waals surface area contributed by atoms with Crippen LogP contribution in [0.4, 0.5) is 10.5 Å². The number of carboxylic acid groups (broad SMARTS) is 1. The van der Waals surface area contributed by atoms with Gasteiger partial charge in [0.15, 0.2) is 0 Å². The third-order valence-corrected chi connectivity index (χ3v) is 2.63. The first-order valence-electron chi connectivity index (χ1n) is 6.39. The SMILES string of the molecule is COCCN(CCO)C(=O)Nc1ccc(CC(=O)O)nc1. The fourth-order valence-electron chi connectivity index (χ4n) is 1.60. The zero-order valence-corrected chi connectivity index (χ0v) is 11.8. The highest BCUT2D eigenvalue weighted by Crippen LogP contribution is 2.08. The van der Waals surface area contributed by atoms with Crippen LogP contribution in [0, 0.1) is 0 Å². The first-order valence-corrected chi connectivity index (χ1v) is 6.39. The average molecular weight is 297 g/mol.